The molecule has 2 aromatic rings. The van der Waals surface area contributed by atoms with Crippen LogP contribution in [-0.4, -0.2) is 22.2 Å². The van der Waals surface area contributed by atoms with Gasteiger partial charge in [-0.25, -0.2) is 4.98 Å². The summed E-state index contributed by atoms with van der Waals surface area (Å²) in [5.41, 5.74) is 2.59. The summed E-state index contributed by atoms with van der Waals surface area (Å²) in [4.78, 5) is 15.3. The van der Waals surface area contributed by atoms with Gasteiger partial charge < -0.3 is 9.72 Å². The molecule has 1 fully saturated rings. The Morgan fingerprint density at radius 1 is 1.47 bits per heavy atom. The van der Waals surface area contributed by atoms with Crippen LogP contribution >= 0.6 is 0 Å². The number of nitrogens with zero attached hydrogens (tertiary/aromatic N) is 2. The van der Waals surface area contributed by atoms with E-state index in [1.165, 1.54) is 12.8 Å². The van der Waals surface area contributed by atoms with Crippen LogP contribution in [0.5, 0.6) is 0 Å². The fourth-order valence-corrected chi connectivity index (χ4v) is 2.36. The van der Waals surface area contributed by atoms with Gasteiger partial charge in [-0.3, -0.25) is 4.79 Å². The number of nitrogens with one attached hydrogen (secondary N) is 1. The molecule has 3 heterocycles. The fourth-order valence-electron chi connectivity index (χ4n) is 2.36. The molecule has 1 N–H and O–H groups in total. The summed E-state index contributed by atoms with van der Waals surface area (Å²) in [5, 5.41) is 3.48. The van der Waals surface area contributed by atoms with Crippen LogP contribution < -0.4 is 5.32 Å². The minimum atomic E-state index is 0.364. The number of carbonyl (C=O) groups is 1. The van der Waals surface area contributed by atoms with E-state index >= 15 is 0 Å². The quantitative estimate of drug-likeness (QED) is 0.801. The second-order valence-electron chi connectivity index (χ2n) is 4.51. The molecule has 0 aromatic carbocycles. The maximum Gasteiger partial charge on any atom is 0.150 e. The van der Waals surface area contributed by atoms with E-state index in [0.717, 1.165) is 30.6 Å². The van der Waals surface area contributed by atoms with E-state index in [1.54, 1.807) is 6.07 Å². The topological polar surface area (TPSA) is 46.4 Å². The molecule has 0 saturated carbocycles. The van der Waals surface area contributed by atoms with Crippen molar-refractivity contribution >= 4 is 11.9 Å². The first-order valence-electron chi connectivity index (χ1n) is 6.04. The van der Waals surface area contributed by atoms with Crippen molar-refractivity contribution in [3.63, 3.8) is 0 Å². The van der Waals surface area contributed by atoms with E-state index in [9.17, 15) is 4.79 Å². The molecule has 0 bridgehead atoms. The Morgan fingerprint density at radius 2 is 2.41 bits per heavy atom. The van der Waals surface area contributed by atoms with Gasteiger partial charge in [0, 0.05) is 18.0 Å². The first-order valence-corrected chi connectivity index (χ1v) is 6.04. The smallest absolute Gasteiger partial charge is 0.150 e. The summed E-state index contributed by atoms with van der Waals surface area (Å²) in [6, 6.07) is 3.99. The molecule has 0 aliphatic carbocycles. The third-order valence-electron chi connectivity index (χ3n) is 3.31. The molecular formula is C13H15N3O. The summed E-state index contributed by atoms with van der Waals surface area (Å²) >= 11 is 0. The number of carbonyl (C=O) groups excluding carboxylic acids is 1. The van der Waals surface area contributed by atoms with Crippen LogP contribution in [-0.2, 0) is 0 Å². The molecular weight excluding hydrogens is 214 g/mol. The predicted molar refractivity (Wildman–Crippen MR) is 65.2 cm³/mol. The van der Waals surface area contributed by atoms with E-state index in [4.69, 9.17) is 0 Å². The lowest BCUT2D eigenvalue weighted by molar-refractivity contribution is 0.112. The molecule has 0 amide bonds. The SMILES string of the molecule is O=Cc1ccn2cc(C3CCCCN3)nc2c1. The Bertz CT molecular complexity index is 541. The van der Waals surface area contributed by atoms with Gasteiger partial charge in [0.05, 0.1) is 11.7 Å². The highest BCUT2D eigenvalue weighted by Crippen LogP contribution is 2.22. The molecule has 0 spiro atoms. The average Bonchev–Trinajstić information content (AvgIpc) is 2.82. The zero-order chi connectivity index (χ0) is 11.7. The van der Waals surface area contributed by atoms with Crippen LogP contribution in [0.2, 0.25) is 0 Å². The number of rotatable bonds is 2. The van der Waals surface area contributed by atoms with Crippen molar-refractivity contribution in [3.05, 3.63) is 35.8 Å². The fraction of sp³-hybridized carbons (Fsp3) is 0.385. The Kier molecular flexibility index (Phi) is 2.65. The molecule has 1 unspecified atom stereocenters. The maximum atomic E-state index is 10.7. The third-order valence-corrected chi connectivity index (χ3v) is 3.31. The van der Waals surface area contributed by atoms with Gasteiger partial charge in [-0.15, -0.1) is 0 Å². The Morgan fingerprint density at radius 3 is 3.18 bits per heavy atom. The number of piperidine rings is 1. The molecule has 1 saturated heterocycles. The van der Waals surface area contributed by atoms with Crippen LogP contribution in [0.3, 0.4) is 0 Å². The van der Waals surface area contributed by atoms with Crippen LogP contribution in [0.15, 0.2) is 24.5 Å². The number of pyridine rings is 1. The van der Waals surface area contributed by atoms with Gasteiger partial charge in [0.1, 0.15) is 11.9 Å². The highest BCUT2D eigenvalue weighted by atomic mass is 16.1. The van der Waals surface area contributed by atoms with E-state index < -0.39 is 0 Å². The summed E-state index contributed by atoms with van der Waals surface area (Å²) < 4.78 is 1.97. The highest BCUT2D eigenvalue weighted by Gasteiger charge is 2.17. The predicted octanol–water partition coefficient (Wildman–Crippen LogP) is 1.96. The number of fused-ring (bicyclic) bond motifs is 1. The van der Waals surface area contributed by atoms with E-state index in [2.05, 4.69) is 10.3 Å². The van der Waals surface area contributed by atoms with Crippen molar-refractivity contribution in [3.8, 4) is 0 Å². The second kappa shape index (κ2) is 4.30. The van der Waals surface area contributed by atoms with Crippen molar-refractivity contribution in [1.29, 1.82) is 0 Å². The molecule has 88 valence electrons. The van der Waals surface area contributed by atoms with Crippen molar-refractivity contribution in [2.45, 2.75) is 25.3 Å². The monoisotopic (exact) mass is 229 g/mol. The van der Waals surface area contributed by atoms with E-state index in [0.29, 0.717) is 11.6 Å². The lowest BCUT2D eigenvalue weighted by Crippen LogP contribution is -2.26. The Hall–Kier alpha value is -1.68. The third kappa shape index (κ3) is 1.96. The molecule has 1 aliphatic rings. The number of hydrogen-bond acceptors (Lipinski definition) is 3. The zero-order valence-electron chi connectivity index (χ0n) is 9.60. The van der Waals surface area contributed by atoms with Gasteiger partial charge in [-0.1, -0.05) is 6.42 Å². The largest absolute Gasteiger partial charge is 0.309 e. The zero-order valence-corrected chi connectivity index (χ0v) is 9.60. The molecule has 2 aromatic heterocycles. The summed E-state index contributed by atoms with van der Waals surface area (Å²) in [6.45, 7) is 1.07. The van der Waals surface area contributed by atoms with Crippen LogP contribution in [0.1, 0.15) is 41.4 Å². The van der Waals surface area contributed by atoms with Gasteiger partial charge in [-0.2, -0.15) is 0 Å². The number of aldehydes is 1. The lowest BCUT2D eigenvalue weighted by atomic mass is 10.0. The number of hydrogen-bond donors (Lipinski definition) is 1. The Labute approximate surface area is 99.7 Å². The van der Waals surface area contributed by atoms with Crippen molar-refractivity contribution in [1.82, 2.24) is 14.7 Å². The molecule has 17 heavy (non-hydrogen) atoms. The maximum absolute atomic E-state index is 10.7. The van der Waals surface area contributed by atoms with Crippen LogP contribution in [0.4, 0.5) is 0 Å². The minimum absolute atomic E-state index is 0.364. The second-order valence-corrected chi connectivity index (χ2v) is 4.51. The van der Waals surface area contributed by atoms with Crippen LogP contribution in [0.25, 0.3) is 5.65 Å². The number of imidazole rings is 1. The molecule has 0 radical (unpaired) electrons. The first kappa shape index (κ1) is 10.5. The normalized spacial score (nSPS) is 20.6. The van der Waals surface area contributed by atoms with E-state index in [1.807, 2.05) is 22.9 Å². The number of aromatic nitrogens is 2. The van der Waals surface area contributed by atoms with Crippen LogP contribution in [0, 0.1) is 0 Å². The highest BCUT2D eigenvalue weighted by molar-refractivity contribution is 5.76. The Balaban J connectivity index is 1.97. The van der Waals surface area contributed by atoms with Crippen molar-refractivity contribution in [2.75, 3.05) is 6.54 Å². The summed E-state index contributed by atoms with van der Waals surface area (Å²) in [5.74, 6) is 0. The molecule has 3 rings (SSSR count). The molecule has 4 nitrogen and oxygen atoms in total. The van der Waals surface area contributed by atoms with Gasteiger partial charge >= 0.3 is 0 Å². The van der Waals surface area contributed by atoms with Gasteiger partial charge in [0.25, 0.3) is 0 Å². The average molecular weight is 229 g/mol. The first-order chi connectivity index (χ1) is 8.36. The summed E-state index contributed by atoms with van der Waals surface area (Å²) in [7, 11) is 0. The van der Waals surface area contributed by atoms with Crippen molar-refractivity contribution in [2.24, 2.45) is 0 Å². The molecule has 1 atom stereocenters. The van der Waals surface area contributed by atoms with Gasteiger partial charge in [0.2, 0.25) is 0 Å². The summed E-state index contributed by atoms with van der Waals surface area (Å²) in [6.07, 6.45) is 8.44. The minimum Gasteiger partial charge on any atom is -0.309 e. The van der Waals surface area contributed by atoms with Crippen molar-refractivity contribution < 1.29 is 4.79 Å². The standard InChI is InChI=1S/C13H15N3O/c17-9-10-4-6-16-8-12(15-13(16)7-10)11-3-1-2-5-14-11/h4,6-9,11,14H,1-3,5H2. The molecule has 1 aliphatic heterocycles. The van der Waals surface area contributed by atoms with Gasteiger partial charge in [-0.05, 0) is 31.5 Å². The van der Waals surface area contributed by atoms with Gasteiger partial charge in [0.15, 0.2) is 0 Å². The lowest BCUT2D eigenvalue weighted by Gasteiger charge is -2.21. The molecule has 4 heteroatoms. The van der Waals surface area contributed by atoms with E-state index in [-0.39, 0.29) is 0 Å².